The van der Waals surface area contributed by atoms with Gasteiger partial charge in [0.05, 0.1) is 4.88 Å². The molecule has 0 atom stereocenters. The first-order valence-corrected chi connectivity index (χ1v) is 7.79. The summed E-state index contributed by atoms with van der Waals surface area (Å²) in [6.07, 6.45) is 1.38. The molecule has 2 aromatic heterocycles. The van der Waals surface area contributed by atoms with Gasteiger partial charge in [0.15, 0.2) is 0 Å². The van der Waals surface area contributed by atoms with Crippen LogP contribution in [0.1, 0.15) is 11.5 Å². The van der Waals surface area contributed by atoms with E-state index in [9.17, 15) is 9.65 Å². The maximum absolute atomic E-state index is 13.8. The lowest BCUT2D eigenvalue weighted by atomic mass is 10.1. The normalized spacial score (nSPS) is 11.4. The van der Waals surface area contributed by atoms with Gasteiger partial charge in [-0.3, -0.25) is 0 Å². The summed E-state index contributed by atoms with van der Waals surface area (Å²) < 4.78 is 19.6. The standard InChI is InChI=1S/C15H7BrFN3OS/c16-11-3-4-12(17)9(7-11)6-10(8-18)15-19-14(20-21-15)13-2-1-5-22-13/h1-7H/b10-6+. The van der Waals surface area contributed by atoms with Gasteiger partial charge in [0.25, 0.3) is 5.89 Å². The Morgan fingerprint density at radius 2 is 2.27 bits per heavy atom. The van der Waals surface area contributed by atoms with Crippen molar-refractivity contribution in [3.8, 4) is 16.8 Å². The fourth-order valence-electron chi connectivity index (χ4n) is 1.76. The van der Waals surface area contributed by atoms with Crippen LogP contribution in [0.3, 0.4) is 0 Å². The summed E-state index contributed by atoms with van der Waals surface area (Å²) in [6, 6.07) is 10.1. The number of aromatic nitrogens is 2. The van der Waals surface area contributed by atoms with Gasteiger partial charge in [-0.15, -0.1) is 11.3 Å². The van der Waals surface area contributed by atoms with Crippen LogP contribution in [0.5, 0.6) is 0 Å². The van der Waals surface area contributed by atoms with E-state index in [4.69, 9.17) is 4.52 Å². The molecule has 3 aromatic rings. The van der Waals surface area contributed by atoms with Gasteiger partial charge in [0.2, 0.25) is 5.82 Å². The Labute approximate surface area is 137 Å². The van der Waals surface area contributed by atoms with Crippen LogP contribution >= 0.6 is 27.3 Å². The zero-order valence-electron chi connectivity index (χ0n) is 11.0. The third kappa shape index (κ3) is 2.98. The highest BCUT2D eigenvalue weighted by molar-refractivity contribution is 9.10. The molecule has 4 nitrogen and oxygen atoms in total. The van der Waals surface area contributed by atoms with Gasteiger partial charge in [0, 0.05) is 10.0 Å². The van der Waals surface area contributed by atoms with Crippen molar-refractivity contribution in [3.05, 3.63) is 57.5 Å². The molecule has 0 N–H and O–H groups in total. The average Bonchev–Trinajstić information content (AvgIpc) is 3.18. The molecule has 2 heterocycles. The predicted molar refractivity (Wildman–Crippen MR) is 85.2 cm³/mol. The number of rotatable bonds is 3. The van der Waals surface area contributed by atoms with E-state index in [-0.39, 0.29) is 17.0 Å². The third-order valence-electron chi connectivity index (χ3n) is 2.78. The highest BCUT2D eigenvalue weighted by Crippen LogP contribution is 2.25. The van der Waals surface area contributed by atoms with E-state index in [2.05, 4.69) is 26.1 Å². The Morgan fingerprint density at radius 1 is 1.41 bits per heavy atom. The number of allylic oxidation sites excluding steroid dienone is 1. The van der Waals surface area contributed by atoms with E-state index in [0.717, 1.165) is 4.88 Å². The van der Waals surface area contributed by atoms with E-state index in [1.807, 2.05) is 23.6 Å². The number of hydrogen-bond acceptors (Lipinski definition) is 5. The lowest BCUT2D eigenvalue weighted by molar-refractivity contribution is 0.409. The number of benzene rings is 1. The summed E-state index contributed by atoms with van der Waals surface area (Å²) in [5, 5.41) is 15.0. The van der Waals surface area contributed by atoms with Crippen LogP contribution in [0.4, 0.5) is 4.39 Å². The van der Waals surface area contributed by atoms with Gasteiger partial charge in [0.1, 0.15) is 17.5 Å². The number of nitrogens with zero attached hydrogens (tertiary/aromatic N) is 3. The molecule has 0 saturated carbocycles. The lowest BCUT2D eigenvalue weighted by Gasteiger charge is -1.98. The van der Waals surface area contributed by atoms with Crippen molar-refractivity contribution in [1.29, 1.82) is 5.26 Å². The van der Waals surface area contributed by atoms with Crippen molar-refractivity contribution in [3.63, 3.8) is 0 Å². The van der Waals surface area contributed by atoms with Crippen LogP contribution in [0.15, 0.2) is 44.7 Å². The van der Waals surface area contributed by atoms with Crippen molar-refractivity contribution in [2.45, 2.75) is 0 Å². The highest BCUT2D eigenvalue weighted by Gasteiger charge is 2.14. The molecule has 0 bridgehead atoms. The molecule has 0 spiro atoms. The van der Waals surface area contributed by atoms with Gasteiger partial charge < -0.3 is 4.52 Å². The summed E-state index contributed by atoms with van der Waals surface area (Å²) in [4.78, 5) is 5.01. The molecule has 0 aliphatic heterocycles. The predicted octanol–water partition coefficient (Wildman–Crippen LogP) is 4.76. The minimum atomic E-state index is -0.436. The number of hydrogen-bond donors (Lipinski definition) is 0. The van der Waals surface area contributed by atoms with Crippen molar-refractivity contribution in [2.24, 2.45) is 0 Å². The molecular weight excluding hydrogens is 369 g/mol. The first-order valence-electron chi connectivity index (χ1n) is 6.12. The van der Waals surface area contributed by atoms with Crippen LogP contribution in [0, 0.1) is 17.1 Å². The monoisotopic (exact) mass is 375 g/mol. The lowest BCUT2D eigenvalue weighted by Crippen LogP contribution is -1.86. The quantitative estimate of drug-likeness (QED) is 0.618. The summed E-state index contributed by atoms with van der Waals surface area (Å²) in [5.41, 5.74) is 0.370. The van der Waals surface area contributed by atoms with Crippen LogP contribution in [0.2, 0.25) is 0 Å². The largest absolute Gasteiger partial charge is 0.333 e. The zero-order valence-corrected chi connectivity index (χ0v) is 13.4. The highest BCUT2D eigenvalue weighted by atomic mass is 79.9. The van der Waals surface area contributed by atoms with E-state index < -0.39 is 5.82 Å². The van der Waals surface area contributed by atoms with E-state index >= 15 is 0 Å². The van der Waals surface area contributed by atoms with E-state index in [1.165, 1.54) is 23.5 Å². The molecular formula is C15H7BrFN3OS. The van der Waals surface area contributed by atoms with Crippen molar-refractivity contribution >= 4 is 38.9 Å². The first kappa shape index (κ1) is 14.6. The first-order chi connectivity index (χ1) is 10.7. The molecule has 0 saturated heterocycles. The van der Waals surface area contributed by atoms with Gasteiger partial charge in [-0.2, -0.15) is 10.2 Å². The van der Waals surface area contributed by atoms with Crippen LogP contribution < -0.4 is 0 Å². The van der Waals surface area contributed by atoms with Crippen LogP contribution in [0.25, 0.3) is 22.4 Å². The molecule has 0 unspecified atom stereocenters. The van der Waals surface area contributed by atoms with Gasteiger partial charge in [-0.1, -0.05) is 27.2 Å². The van der Waals surface area contributed by atoms with Gasteiger partial charge in [-0.25, -0.2) is 4.39 Å². The Balaban J connectivity index is 2.00. The maximum Gasteiger partial charge on any atom is 0.268 e. The zero-order chi connectivity index (χ0) is 15.5. The van der Waals surface area contributed by atoms with E-state index in [0.29, 0.717) is 10.3 Å². The smallest absolute Gasteiger partial charge is 0.268 e. The molecule has 0 radical (unpaired) electrons. The molecule has 3 rings (SSSR count). The number of thiophene rings is 1. The van der Waals surface area contributed by atoms with Crippen molar-refractivity contribution in [2.75, 3.05) is 0 Å². The van der Waals surface area contributed by atoms with Gasteiger partial charge in [-0.05, 0) is 35.7 Å². The Morgan fingerprint density at radius 3 is 3.00 bits per heavy atom. The summed E-state index contributed by atoms with van der Waals surface area (Å²) in [7, 11) is 0. The second-order valence-electron chi connectivity index (χ2n) is 4.24. The molecule has 7 heteroatoms. The fourth-order valence-corrected chi connectivity index (χ4v) is 2.79. The molecule has 0 fully saturated rings. The summed E-state index contributed by atoms with van der Waals surface area (Å²) in [6.45, 7) is 0. The van der Waals surface area contributed by atoms with Crippen molar-refractivity contribution < 1.29 is 8.91 Å². The van der Waals surface area contributed by atoms with Crippen LogP contribution in [-0.4, -0.2) is 10.1 Å². The Bertz CT molecular complexity index is 881. The number of halogens is 2. The second kappa shape index (κ2) is 6.22. The molecule has 22 heavy (non-hydrogen) atoms. The Hall–Kier alpha value is -2.30. The SMILES string of the molecule is N#C/C(=C\c1cc(Br)ccc1F)c1nc(-c2cccs2)no1. The van der Waals surface area contributed by atoms with E-state index in [1.54, 1.807) is 12.1 Å². The number of nitriles is 1. The molecule has 0 aliphatic rings. The molecule has 1 aromatic carbocycles. The summed E-state index contributed by atoms with van der Waals surface area (Å²) >= 11 is 4.73. The topological polar surface area (TPSA) is 62.7 Å². The van der Waals surface area contributed by atoms with Crippen molar-refractivity contribution in [1.82, 2.24) is 10.1 Å². The summed E-state index contributed by atoms with van der Waals surface area (Å²) in [5.74, 6) is 0.0279. The fraction of sp³-hybridized carbons (Fsp3) is 0. The molecule has 0 amide bonds. The minimum Gasteiger partial charge on any atom is -0.333 e. The molecule has 0 aliphatic carbocycles. The average molecular weight is 376 g/mol. The second-order valence-corrected chi connectivity index (χ2v) is 6.10. The Kier molecular flexibility index (Phi) is 4.13. The third-order valence-corrected chi connectivity index (χ3v) is 4.14. The van der Waals surface area contributed by atoms with Crippen LogP contribution in [-0.2, 0) is 0 Å². The minimum absolute atomic E-state index is 0.0604. The van der Waals surface area contributed by atoms with Gasteiger partial charge >= 0.3 is 0 Å². The molecule has 108 valence electrons. The maximum atomic E-state index is 13.8.